The van der Waals surface area contributed by atoms with Crippen LogP contribution in [-0.2, 0) is 42.9 Å². The van der Waals surface area contributed by atoms with Crippen LogP contribution >= 0.6 is 0 Å². The van der Waals surface area contributed by atoms with Crippen molar-refractivity contribution in [3.05, 3.63) is 36.5 Å². The van der Waals surface area contributed by atoms with Crippen molar-refractivity contribution in [3.63, 3.8) is 0 Å². The van der Waals surface area contributed by atoms with E-state index in [0.717, 1.165) is 6.92 Å². The number of carbonyl (C=O) groups excluding carboxylic acids is 5. The SMILES string of the molecule is C=C(C)C(=O)OCC(CO)OC(=O)C(=C)C.C=C(C)C(=O)OCC(O)C(O)C(O)C(O)CNC(=O)OC(C)(C)C.CC(=O)OCC(O)C(O)C(O)C(O)CN. The summed E-state index contributed by atoms with van der Waals surface area (Å²) in [4.78, 5) is 55.1. The third-order valence-electron chi connectivity index (χ3n) is 6.14. The molecular formula is C34H60N2O19. The van der Waals surface area contributed by atoms with Gasteiger partial charge in [-0.1, -0.05) is 19.7 Å². The number of rotatable bonds is 20. The summed E-state index contributed by atoms with van der Waals surface area (Å²) in [6.07, 6.45) is -14.5. The third kappa shape index (κ3) is 27.2. The topological polar surface area (TPSA) is 352 Å². The molecule has 0 aromatic rings. The summed E-state index contributed by atoms with van der Waals surface area (Å²) in [6, 6.07) is 0. The molecule has 55 heavy (non-hydrogen) atoms. The van der Waals surface area contributed by atoms with Crippen LogP contribution in [0.2, 0.25) is 0 Å². The molecule has 12 N–H and O–H groups in total. The second-order valence-electron chi connectivity index (χ2n) is 12.9. The standard InChI is InChI=1S/C15H27NO8.C11H16O5.C8H17NO6/c1-8(2)13(21)23-7-10(18)12(20)11(19)9(17)6-16-14(22)24-15(3,4)5;1-7(2)10(13)15-6-9(5-12)16-11(14)8(3)4;1-4(10)15-3-6(12)8(14)7(13)5(11)2-9/h9-12,17-20H,1,6-7H2,2-5H3,(H,16,22);9,12H,1,3,5-6H2,2,4H3;5-8,11-14H,2-3,9H2,1H3. The molecule has 0 radical (unpaired) electrons. The zero-order chi connectivity index (χ0) is 43.8. The van der Waals surface area contributed by atoms with Gasteiger partial charge < -0.3 is 80.7 Å². The van der Waals surface area contributed by atoms with Crippen molar-refractivity contribution in [2.24, 2.45) is 5.73 Å². The Labute approximate surface area is 319 Å². The van der Waals surface area contributed by atoms with Crippen molar-refractivity contribution in [1.29, 1.82) is 0 Å². The van der Waals surface area contributed by atoms with E-state index >= 15 is 0 Å². The summed E-state index contributed by atoms with van der Waals surface area (Å²) in [5.74, 6) is -2.60. The fourth-order valence-corrected chi connectivity index (χ4v) is 3.02. The van der Waals surface area contributed by atoms with Crippen molar-refractivity contribution in [1.82, 2.24) is 5.32 Å². The summed E-state index contributed by atoms with van der Waals surface area (Å²) in [6.45, 7) is 18.3. The first-order valence-electron chi connectivity index (χ1n) is 16.5. The highest BCUT2D eigenvalue weighted by molar-refractivity contribution is 5.88. The maximum absolute atomic E-state index is 11.4. The van der Waals surface area contributed by atoms with Gasteiger partial charge in [-0.2, -0.15) is 0 Å². The van der Waals surface area contributed by atoms with Crippen LogP contribution in [0.15, 0.2) is 36.5 Å². The van der Waals surface area contributed by atoms with Gasteiger partial charge in [-0.05, 0) is 41.5 Å². The van der Waals surface area contributed by atoms with Gasteiger partial charge in [-0.3, -0.25) is 4.79 Å². The lowest BCUT2D eigenvalue weighted by Gasteiger charge is -2.27. The smallest absolute Gasteiger partial charge is 0.407 e. The minimum absolute atomic E-state index is 0.110. The first kappa shape index (κ1) is 55.3. The van der Waals surface area contributed by atoms with Gasteiger partial charge in [0.15, 0.2) is 6.10 Å². The van der Waals surface area contributed by atoms with Gasteiger partial charge in [0.05, 0.1) is 18.8 Å². The monoisotopic (exact) mass is 800 g/mol. The number of aliphatic hydroxyl groups excluding tert-OH is 9. The summed E-state index contributed by atoms with van der Waals surface area (Å²) in [7, 11) is 0. The molecule has 0 spiro atoms. The molecule has 0 saturated carbocycles. The van der Waals surface area contributed by atoms with Crippen LogP contribution in [0, 0.1) is 0 Å². The lowest BCUT2D eigenvalue weighted by atomic mass is 10.0. The van der Waals surface area contributed by atoms with Gasteiger partial charge in [0.25, 0.3) is 0 Å². The van der Waals surface area contributed by atoms with E-state index in [9.17, 15) is 59.7 Å². The molecule has 0 aromatic heterocycles. The lowest BCUT2D eigenvalue weighted by Crippen LogP contribution is -2.50. The molecule has 0 saturated heterocycles. The molecule has 0 fully saturated rings. The Kier molecular flexibility index (Phi) is 28.5. The van der Waals surface area contributed by atoms with E-state index in [1.165, 1.54) is 20.8 Å². The van der Waals surface area contributed by atoms with Crippen LogP contribution in [0.5, 0.6) is 0 Å². The van der Waals surface area contributed by atoms with Crippen LogP contribution in [0.25, 0.3) is 0 Å². The number of ether oxygens (including phenoxy) is 5. The molecule has 0 heterocycles. The van der Waals surface area contributed by atoms with Gasteiger partial charge in [0.2, 0.25) is 0 Å². The molecule has 0 aliphatic heterocycles. The fraction of sp³-hybridized carbons (Fsp3) is 0.676. The number of alkyl carbamates (subject to hydrolysis) is 1. The van der Waals surface area contributed by atoms with Crippen molar-refractivity contribution >= 4 is 30.0 Å². The number of hydrogen-bond acceptors (Lipinski definition) is 20. The highest BCUT2D eigenvalue weighted by Crippen LogP contribution is 2.09. The van der Waals surface area contributed by atoms with E-state index in [0.29, 0.717) is 0 Å². The summed E-state index contributed by atoms with van der Waals surface area (Å²) in [5.41, 5.74) is 4.88. The number of hydrogen-bond donors (Lipinski definition) is 11. The van der Waals surface area contributed by atoms with Crippen LogP contribution in [0.1, 0.15) is 48.5 Å². The first-order valence-corrected chi connectivity index (χ1v) is 16.5. The summed E-state index contributed by atoms with van der Waals surface area (Å²) >= 11 is 0. The number of nitrogens with two attached hydrogens (primary N) is 1. The molecule has 0 aliphatic carbocycles. The van der Waals surface area contributed by atoms with Crippen LogP contribution in [-0.4, -0.2) is 176 Å². The lowest BCUT2D eigenvalue weighted by molar-refractivity contribution is -0.156. The molecule has 9 unspecified atom stereocenters. The second-order valence-corrected chi connectivity index (χ2v) is 12.9. The minimum Gasteiger partial charge on any atom is -0.463 e. The maximum Gasteiger partial charge on any atom is 0.407 e. The van der Waals surface area contributed by atoms with Crippen molar-refractivity contribution in [2.45, 2.75) is 109 Å². The number of carbonyl (C=O) groups is 5. The van der Waals surface area contributed by atoms with Gasteiger partial charge in [0.1, 0.15) is 62.0 Å². The quantitative estimate of drug-likeness (QED) is 0.0325. The van der Waals surface area contributed by atoms with E-state index in [1.54, 1.807) is 20.8 Å². The van der Waals surface area contributed by atoms with Crippen molar-refractivity contribution in [3.8, 4) is 0 Å². The largest absolute Gasteiger partial charge is 0.463 e. The van der Waals surface area contributed by atoms with E-state index in [2.05, 4.69) is 34.5 Å². The Balaban J connectivity index is -0.000000768. The molecule has 21 heteroatoms. The number of nitrogens with one attached hydrogen (secondary N) is 1. The van der Waals surface area contributed by atoms with Crippen LogP contribution in [0.4, 0.5) is 4.79 Å². The average Bonchev–Trinajstić information content (AvgIpc) is 3.10. The predicted octanol–water partition coefficient (Wildman–Crippen LogP) is -3.39. The molecule has 0 bridgehead atoms. The Morgan fingerprint density at radius 2 is 1.00 bits per heavy atom. The third-order valence-corrected chi connectivity index (χ3v) is 6.14. The van der Waals surface area contributed by atoms with Gasteiger partial charge in [0, 0.05) is 36.7 Å². The van der Waals surface area contributed by atoms with Crippen molar-refractivity contribution in [2.75, 3.05) is 39.5 Å². The maximum atomic E-state index is 11.4. The Morgan fingerprint density at radius 1 is 0.618 bits per heavy atom. The predicted molar refractivity (Wildman–Crippen MR) is 191 cm³/mol. The fourth-order valence-electron chi connectivity index (χ4n) is 3.02. The average molecular weight is 801 g/mol. The normalized spacial score (nSPS) is 15.7. The number of aliphatic hydroxyl groups is 9. The molecule has 320 valence electrons. The van der Waals surface area contributed by atoms with Crippen molar-refractivity contribution < 1.29 is 93.6 Å². The zero-order valence-electron chi connectivity index (χ0n) is 32.2. The van der Waals surface area contributed by atoms with Crippen LogP contribution in [0.3, 0.4) is 0 Å². The highest BCUT2D eigenvalue weighted by Gasteiger charge is 2.32. The molecule has 9 atom stereocenters. The molecular weight excluding hydrogens is 740 g/mol. The molecule has 21 nitrogen and oxygen atoms in total. The minimum atomic E-state index is -1.79. The summed E-state index contributed by atoms with van der Waals surface area (Å²) in [5, 5.41) is 86.9. The zero-order valence-corrected chi connectivity index (χ0v) is 32.2. The Hall–Kier alpha value is -4.03. The van der Waals surface area contributed by atoms with Gasteiger partial charge in [-0.25, -0.2) is 19.2 Å². The second kappa shape index (κ2) is 28.4. The van der Waals surface area contributed by atoms with E-state index in [-0.39, 0.29) is 29.9 Å². The highest BCUT2D eigenvalue weighted by atomic mass is 16.6. The van der Waals surface area contributed by atoms with Gasteiger partial charge >= 0.3 is 30.0 Å². The Morgan fingerprint density at radius 3 is 1.36 bits per heavy atom. The van der Waals surface area contributed by atoms with E-state index in [1.807, 2.05) is 0 Å². The molecule has 0 aliphatic rings. The van der Waals surface area contributed by atoms with Gasteiger partial charge in [-0.15, -0.1) is 0 Å². The molecule has 1 amide bonds. The van der Waals surface area contributed by atoms with E-state index < -0.39 is 117 Å². The number of amides is 1. The Bertz CT molecular complexity index is 1240. The number of esters is 4. The van der Waals surface area contributed by atoms with E-state index in [4.69, 9.17) is 30.2 Å². The first-order chi connectivity index (χ1) is 25.1. The molecule has 0 aromatic carbocycles. The summed E-state index contributed by atoms with van der Waals surface area (Å²) < 4.78 is 23.5. The molecule has 0 rings (SSSR count). The van der Waals surface area contributed by atoms with Crippen LogP contribution < -0.4 is 11.1 Å².